The Labute approximate surface area is 143 Å². The number of aromatic hydroxyl groups is 1. The number of benzene rings is 3. The van der Waals surface area contributed by atoms with Gasteiger partial charge in [-0.1, -0.05) is 24.3 Å². The zero-order valence-electron chi connectivity index (χ0n) is 13.1. The first-order chi connectivity index (χ1) is 12.0. The summed E-state index contributed by atoms with van der Waals surface area (Å²) in [5.74, 6) is -0.00179. The summed E-state index contributed by atoms with van der Waals surface area (Å²) >= 11 is 0. The van der Waals surface area contributed by atoms with Crippen molar-refractivity contribution in [3.8, 4) is 17.2 Å². The lowest BCUT2D eigenvalue weighted by Gasteiger charge is -2.12. The fraction of sp³-hybridized carbons (Fsp3) is 0.0588. The molecule has 7 nitrogen and oxygen atoms in total. The average Bonchev–Trinajstić information content (AvgIpc) is 2.62. The lowest BCUT2D eigenvalue weighted by atomic mass is 10.1. The number of hydrogen-bond donors (Lipinski definition) is 1. The highest BCUT2D eigenvalue weighted by Crippen LogP contribution is 2.38. The van der Waals surface area contributed by atoms with E-state index < -0.39 is 10.1 Å². The highest BCUT2D eigenvalue weighted by Gasteiger charge is 2.25. The summed E-state index contributed by atoms with van der Waals surface area (Å²) in [6.07, 6.45) is 0. The van der Waals surface area contributed by atoms with Gasteiger partial charge in [0.05, 0.1) is 7.11 Å². The van der Waals surface area contributed by atoms with Crippen molar-refractivity contribution >= 4 is 26.6 Å². The number of para-hydroxylation sites is 2. The molecule has 0 fully saturated rings. The molecule has 3 rings (SSSR count). The monoisotopic (exact) mass is 357 g/mol. The summed E-state index contributed by atoms with van der Waals surface area (Å²) < 4.78 is 35.7. The second-order valence-electron chi connectivity index (χ2n) is 5.07. The molecule has 0 radical (unpaired) electrons. The number of hydrogen-bond acceptors (Lipinski definition) is 6. The van der Waals surface area contributed by atoms with Gasteiger partial charge in [0.1, 0.15) is 4.90 Å². The number of rotatable bonds is 4. The largest absolute Gasteiger partial charge is 0.501 e. The van der Waals surface area contributed by atoms with Crippen LogP contribution in [0.1, 0.15) is 0 Å². The third-order valence-electron chi connectivity index (χ3n) is 3.62. The van der Waals surface area contributed by atoms with Crippen LogP contribution in [0.25, 0.3) is 15.7 Å². The van der Waals surface area contributed by atoms with Crippen molar-refractivity contribution < 1.29 is 22.4 Å². The SMILES string of the molecule is COc1ccccc1OS(=O)(=O)c1cccc2c(O)c([N+]#N)ccc12. The molecular formula is C17H13N2O5S+. The van der Waals surface area contributed by atoms with Crippen molar-refractivity contribution in [3.05, 3.63) is 59.6 Å². The fourth-order valence-electron chi connectivity index (χ4n) is 2.45. The molecule has 0 aliphatic heterocycles. The summed E-state index contributed by atoms with van der Waals surface area (Å²) in [4.78, 5) is 2.83. The van der Waals surface area contributed by atoms with E-state index >= 15 is 0 Å². The van der Waals surface area contributed by atoms with Gasteiger partial charge >= 0.3 is 15.8 Å². The van der Waals surface area contributed by atoms with E-state index in [0.29, 0.717) is 0 Å². The maximum atomic E-state index is 12.7. The Morgan fingerprint density at radius 2 is 1.68 bits per heavy atom. The Hall–Kier alpha value is -3.31. The summed E-state index contributed by atoms with van der Waals surface area (Å²) in [5.41, 5.74) is -0.0623. The third-order valence-corrected chi connectivity index (χ3v) is 4.91. The number of ether oxygens (including phenoxy) is 1. The molecule has 3 aromatic carbocycles. The van der Waals surface area contributed by atoms with Gasteiger partial charge in [-0.15, -0.1) is 0 Å². The number of fused-ring (bicyclic) bond motifs is 1. The maximum absolute atomic E-state index is 12.7. The molecule has 0 spiro atoms. The normalized spacial score (nSPS) is 11.0. The topological polar surface area (TPSA) is 101 Å². The molecule has 0 aliphatic rings. The van der Waals surface area contributed by atoms with E-state index in [1.165, 1.54) is 43.5 Å². The van der Waals surface area contributed by atoms with Crippen LogP contribution in [0.5, 0.6) is 17.2 Å². The first kappa shape index (κ1) is 16.5. The van der Waals surface area contributed by atoms with Crippen LogP contribution in [0.2, 0.25) is 0 Å². The molecule has 0 aliphatic carbocycles. The number of phenols is 1. The second-order valence-corrected chi connectivity index (χ2v) is 6.59. The molecule has 8 heteroatoms. The van der Waals surface area contributed by atoms with E-state index in [1.807, 2.05) is 0 Å². The first-order valence-corrected chi connectivity index (χ1v) is 8.56. The molecule has 25 heavy (non-hydrogen) atoms. The molecule has 0 saturated carbocycles. The van der Waals surface area contributed by atoms with Crippen LogP contribution in [-0.2, 0) is 10.1 Å². The molecular weight excluding hydrogens is 344 g/mol. The summed E-state index contributed by atoms with van der Waals surface area (Å²) in [5, 5.41) is 19.4. The van der Waals surface area contributed by atoms with E-state index in [2.05, 4.69) is 4.98 Å². The molecule has 3 aromatic rings. The lowest BCUT2D eigenvalue weighted by molar-refractivity contribution is 0.390. The molecule has 0 amide bonds. The minimum atomic E-state index is -4.19. The standard InChI is InChI=1S/C17H12N2O5S/c1-23-14-6-2-3-7-15(14)24-25(21,22)16-8-4-5-12-11(16)9-10-13(19-18)17(12)20/h2-10H,1H3/p+1. The van der Waals surface area contributed by atoms with Crippen molar-refractivity contribution in [3.63, 3.8) is 0 Å². The van der Waals surface area contributed by atoms with E-state index in [4.69, 9.17) is 14.3 Å². The van der Waals surface area contributed by atoms with Gasteiger partial charge in [-0.25, -0.2) is 0 Å². The quantitative estimate of drug-likeness (QED) is 0.563. The van der Waals surface area contributed by atoms with E-state index in [-0.39, 0.29) is 38.6 Å². The zero-order chi connectivity index (χ0) is 18.0. The van der Waals surface area contributed by atoms with Crippen molar-refractivity contribution in [2.75, 3.05) is 7.11 Å². The molecule has 0 aromatic heterocycles. The lowest BCUT2D eigenvalue weighted by Crippen LogP contribution is -2.11. The summed E-state index contributed by atoms with van der Waals surface area (Å²) in [6, 6.07) is 13.4. The minimum absolute atomic E-state index is 0.0493. The smallest absolute Gasteiger partial charge is 0.426 e. The van der Waals surface area contributed by atoms with Crippen molar-refractivity contribution in [2.24, 2.45) is 0 Å². The van der Waals surface area contributed by atoms with Gasteiger partial charge in [0.2, 0.25) is 11.1 Å². The zero-order valence-corrected chi connectivity index (χ0v) is 13.9. The Morgan fingerprint density at radius 3 is 2.36 bits per heavy atom. The Bertz CT molecular complexity index is 1100. The minimum Gasteiger partial charge on any atom is -0.501 e. The van der Waals surface area contributed by atoms with Gasteiger partial charge in [0.15, 0.2) is 16.5 Å². The highest BCUT2D eigenvalue weighted by atomic mass is 32.2. The molecule has 0 bridgehead atoms. The summed E-state index contributed by atoms with van der Waals surface area (Å²) in [7, 11) is -2.79. The van der Waals surface area contributed by atoms with Gasteiger partial charge in [0.25, 0.3) is 0 Å². The second kappa shape index (κ2) is 6.30. The van der Waals surface area contributed by atoms with Crippen molar-refractivity contribution in [2.45, 2.75) is 4.90 Å². The predicted molar refractivity (Wildman–Crippen MR) is 91.2 cm³/mol. The van der Waals surface area contributed by atoms with Gasteiger partial charge in [-0.2, -0.15) is 8.42 Å². The van der Waals surface area contributed by atoms with Crippen LogP contribution in [0.3, 0.4) is 0 Å². The number of methoxy groups -OCH3 is 1. The number of diazo groups is 1. The van der Waals surface area contributed by atoms with Crippen LogP contribution >= 0.6 is 0 Å². The Balaban J connectivity index is 2.15. The van der Waals surface area contributed by atoms with E-state index in [9.17, 15) is 13.5 Å². The van der Waals surface area contributed by atoms with Crippen LogP contribution < -0.4 is 8.92 Å². The van der Waals surface area contributed by atoms with Crippen LogP contribution in [0.4, 0.5) is 5.69 Å². The molecule has 0 saturated heterocycles. The van der Waals surface area contributed by atoms with Gasteiger partial charge in [-0.05, 0) is 24.3 Å². The number of phenolic OH excluding ortho intramolecular Hbond substituents is 1. The highest BCUT2D eigenvalue weighted by molar-refractivity contribution is 7.87. The van der Waals surface area contributed by atoms with Crippen molar-refractivity contribution in [1.29, 1.82) is 5.39 Å². The maximum Gasteiger partial charge on any atom is 0.426 e. The molecule has 126 valence electrons. The van der Waals surface area contributed by atoms with Gasteiger partial charge in [-0.3, -0.25) is 0 Å². The van der Waals surface area contributed by atoms with Crippen LogP contribution in [-0.4, -0.2) is 20.6 Å². The predicted octanol–water partition coefficient (Wildman–Crippen LogP) is 3.81. The Morgan fingerprint density at radius 1 is 0.960 bits per heavy atom. The molecule has 0 heterocycles. The van der Waals surface area contributed by atoms with Crippen LogP contribution in [0, 0.1) is 5.39 Å². The van der Waals surface area contributed by atoms with E-state index in [0.717, 1.165) is 0 Å². The number of nitrogens with zero attached hydrogens (tertiary/aromatic N) is 2. The van der Waals surface area contributed by atoms with Gasteiger partial charge < -0.3 is 14.0 Å². The molecule has 1 N–H and O–H groups in total. The fourth-order valence-corrected chi connectivity index (χ4v) is 3.61. The molecule has 0 atom stereocenters. The Kier molecular flexibility index (Phi) is 4.17. The first-order valence-electron chi connectivity index (χ1n) is 7.15. The third kappa shape index (κ3) is 2.93. The van der Waals surface area contributed by atoms with Gasteiger partial charge in [0, 0.05) is 16.8 Å². The van der Waals surface area contributed by atoms with Crippen molar-refractivity contribution in [1.82, 2.24) is 0 Å². The van der Waals surface area contributed by atoms with Crippen LogP contribution in [0.15, 0.2) is 59.5 Å². The average molecular weight is 357 g/mol. The summed E-state index contributed by atoms with van der Waals surface area (Å²) in [6.45, 7) is 0. The molecule has 0 unspecified atom stereocenters. The van der Waals surface area contributed by atoms with E-state index in [1.54, 1.807) is 18.2 Å².